The third-order valence-electron chi connectivity index (χ3n) is 5.94. The minimum absolute atomic E-state index is 0.0127. The van der Waals surface area contributed by atoms with Gasteiger partial charge in [0.25, 0.3) is 0 Å². The number of anilines is 1. The van der Waals surface area contributed by atoms with Crippen LogP contribution in [-0.4, -0.2) is 92.7 Å². The maximum atomic E-state index is 10.4. The van der Waals surface area contributed by atoms with Crippen molar-refractivity contribution in [3.8, 4) is 0 Å². The SMILES string of the molecule is Cn1ccnc1SC1CCN(Nc2nc(Cl)nc3c2ncn3[C@@H]2O[C@H](CO)[C@@H](O)[C@H]2O)CC1. The number of hydrazine groups is 1. The third kappa shape index (κ3) is 4.41. The average molecular weight is 497 g/mol. The summed E-state index contributed by atoms with van der Waals surface area (Å²) in [7, 11) is 2.00. The molecule has 2 saturated heterocycles. The number of halogens is 1. The number of aliphatic hydroxyl groups excluding tert-OH is 3. The van der Waals surface area contributed by atoms with Crippen LogP contribution in [0.3, 0.4) is 0 Å². The molecule has 5 rings (SSSR count). The van der Waals surface area contributed by atoms with E-state index in [1.165, 1.54) is 10.9 Å². The molecule has 3 aromatic heterocycles. The van der Waals surface area contributed by atoms with Crippen LogP contribution in [0.5, 0.6) is 0 Å². The molecule has 0 aliphatic carbocycles. The Kier molecular flexibility index (Phi) is 6.44. The van der Waals surface area contributed by atoms with Gasteiger partial charge >= 0.3 is 0 Å². The van der Waals surface area contributed by atoms with Gasteiger partial charge in [-0.1, -0.05) is 11.8 Å². The fourth-order valence-electron chi connectivity index (χ4n) is 4.11. The van der Waals surface area contributed by atoms with Gasteiger partial charge in [-0.3, -0.25) is 4.57 Å². The molecule has 0 saturated carbocycles. The molecular formula is C19H25ClN8O4S. The second kappa shape index (κ2) is 9.33. The van der Waals surface area contributed by atoms with Gasteiger partial charge in [0.05, 0.1) is 12.9 Å². The highest BCUT2D eigenvalue weighted by Crippen LogP contribution is 2.33. The number of hydrogen-bond acceptors (Lipinski definition) is 11. The number of ether oxygens (including phenoxy) is 1. The predicted molar refractivity (Wildman–Crippen MR) is 121 cm³/mol. The van der Waals surface area contributed by atoms with Crippen LogP contribution in [-0.2, 0) is 11.8 Å². The number of aryl methyl sites for hydroxylation is 1. The number of nitrogens with one attached hydrogen (secondary N) is 1. The minimum atomic E-state index is -1.25. The molecule has 33 heavy (non-hydrogen) atoms. The first-order valence-electron chi connectivity index (χ1n) is 10.6. The molecule has 178 valence electrons. The fourth-order valence-corrected chi connectivity index (χ4v) is 5.37. The molecule has 12 nitrogen and oxygen atoms in total. The van der Waals surface area contributed by atoms with Gasteiger partial charge in [-0.15, -0.1) is 0 Å². The molecule has 2 fully saturated rings. The Morgan fingerprint density at radius 2 is 2.00 bits per heavy atom. The van der Waals surface area contributed by atoms with E-state index in [0.717, 1.165) is 31.1 Å². The van der Waals surface area contributed by atoms with Crippen molar-refractivity contribution in [3.05, 3.63) is 24.0 Å². The van der Waals surface area contributed by atoms with Gasteiger partial charge in [0.15, 0.2) is 28.4 Å². The van der Waals surface area contributed by atoms with Crippen molar-refractivity contribution in [2.24, 2.45) is 7.05 Å². The zero-order valence-electron chi connectivity index (χ0n) is 17.8. The smallest absolute Gasteiger partial charge is 0.226 e. The summed E-state index contributed by atoms with van der Waals surface area (Å²) in [5, 5.41) is 33.4. The number of nitrogens with zero attached hydrogens (tertiary/aromatic N) is 7. The lowest BCUT2D eigenvalue weighted by atomic mass is 10.1. The standard InChI is InChI=1S/C19H25ClN8O4S/c1-26-7-4-21-19(26)33-10-2-5-27(6-3-10)25-15-12-16(24-18(20)23-15)28(9-22-12)17-14(31)13(30)11(8-29)32-17/h4,7,9-11,13-14,17,29-31H,2-3,5-6,8H2,1H3,(H,23,24,25)/t11-,13-,14-,17-/m1/s1. The van der Waals surface area contributed by atoms with Crippen molar-refractivity contribution in [3.63, 3.8) is 0 Å². The molecule has 2 aliphatic heterocycles. The van der Waals surface area contributed by atoms with Crippen LogP contribution in [0, 0.1) is 0 Å². The van der Waals surface area contributed by atoms with E-state index in [0.29, 0.717) is 22.2 Å². The predicted octanol–water partition coefficient (Wildman–Crippen LogP) is 0.408. The molecule has 2 aliphatic rings. The fraction of sp³-hybridized carbons (Fsp3) is 0.579. The lowest BCUT2D eigenvalue weighted by molar-refractivity contribution is -0.0511. The molecule has 4 atom stereocenters. The Bertz CT molecular complexity index is 1120. The quantitative estimate of drug-likeness (QED) is 0.352. The molecule has 0 radical (unpaired) electrons. The zero-order valence-corrected chi connectivity index (χ0v) is 19.4. The lowest BCUT2D eigenvalue weighted by Crippen LogP contribution is -2.39. The Balaban J connectivity index is 1.30. The molecule has 0 unspecified atom stereocenters. The summed E-state index contributed by atoms with van der Waals surface area (Å²) in [4.78, 5) is 17.3. The summed E-state index contributed by atoms with van der Waals surface area (Å²) in [6.45, 7) is 1.19. The summed E-state index contributed by atoms with van der Waals surface area (Å²) in [5.41, 5.74) is 4.11. The maximum Gasteiger partial charge on any atom is 0.226 e. The van der Waals surface area contributed by atoms with Crippen LogP contribution < -0.4 is 5.43 Å². The Morgan fingerprint density at radius 1 is 1.21 bits per heavy atom. The van der Waals surface area contributed by atoms with Crippen LogP contribution in [0.2, 0.25) is 5.28 Å². The monoisotopic (exact) mass is 496 g/mol. The number of imidazole rings is 2. The highest BCUT2D eigenvalue weighted by atomic mass is 35.5. The second-order valence-electron chi connectivity index (χ2n) is 8.13. The molecule has 0 spiro atoms. The van der Waals surface area contributed by atoms with E-state index in [9.17, 15) is 15.3 Å². The van der Waals surface area contributed by atoms with E-state index < -0.39 is 31.1 Å². The Labute approximate surface area is 198 Å². The molecule has 3 aromatic rings. The topological polar surface area (TPSA) is 147 Å². The lowest BCUT2D eigenvalue weighted by Gasteiger charge is -2.31. The van der Waals surface area contributed by atoms with E-state index in [1.807, 2.05) is 24.0 Å². The summed E-state index contributed by atoms with van der Waals surface area (Å²) < 4.78 is 9.13. The normalized spacial score (nSPS) is 26.9. The molecule has 14 heteroatoms. The number of thioether (sulfide) groups is 1. The number of fused-ring (bicyclic) bond motifs is 1. The molecule has 4 N–H and O–H groups in total. The van der Waals surface area contributed by atoms with Gasteiger partial charge in [-0.25, -0.2) is 15.0 Å². The molecule has 0 amide bonds. The van der Waals surface area contributed by atoms with Crippen LogP contribution in [0.1, 0.15) is 19.1 Å². The largest absolute Gasteiger partial charge is 0.394 e. The summed E-state index contributed by atoms with van der Waals surface area (Å²) >= 11 is 7.98. The molecular weight excluding hydrogens is 472 g/mol. The Hall–Kier alpha value is -2.00. The summed E-state index contributed by atoms with van der Waals surface area (Å²) in [5.74, 6) is 0.450. The first-order valence-corrected chi connectivity index (χ1v) is 11.9. The average Bonchev–Trinajstić information content (AvgIpc) is 3.48. The number of aromatic nitrogens is 6. The van der Waals surface area contributed by atoms with Crippen molar-refractivity contribution in [2.45, 2.75) is 47.8 Å². The maximum absolute atomic E-state index is 10.4. The number of hydrogen-bond donors (Lipinski definition) is 4. The van der Waals surface area contributed by atoms with Crippen molar-refractivity contribution in [1.29, 1.82) is 0 Å². The highest BCUT2D eigenvalue weighted by Gasteiger charge is 2.44. The number of rotatable bonds is 6. The van der Waals surface area contributed by atoms with Crippen LogP contribution >= 0.6 is 23.4 Å². The van der Waals surface area contributed by atoms with E-state index in [-0.39, 0.29) is 5.28 Å². The highest BCUT2D eigenvalue weighted by molar-refractivity contribution is 7.99. The van der Waals surface area contributed by atoms with Crippen molar-refractivity contribution < 1.29 is 20.1 Å². The van der Waals surface area contributed by atoms with Crippen molar-refractivity contribution in [1.82, 2.24) is 34.1 Å². The van der Waals surface area contributed by atoms with Crippen LogP contribution in [0.15, 0.2) is 23.9 Å². The van der Waals surface area contributed by atoms with Crippen molar-refractivity contribution >= 4 is 40.3 Å². The van der Waals surface area contributed by atoms with Gasteiger partial charge in [-0.2, -0.15) is 9.97 Å². The molecule has 0 aromatic carbocycles. The molecule has 0 bridgehead atoms. The van der Waals surface area contributed by atoms with E-state index in [2.05, 4.69) is 30.4 Å². The number of piperidine rings is 1. The van der Waals surface area contributed by atoms with Crippen LogP contribution in [0.25, 0.3) is 11.2 Å². The van der Waals surface area contributed by atoms with Gasteiger partial charge < -0.3 is 30.0 Å². The first kappa shape index (κ1) is 22.8. The van der Waals surface area contributed by atoms with Gasteiger partial charge in [0.1, 0.15) is 18.3 Å². The van der Waals surface area contributed by atoms with E-state index in [4.69, 9.17) is 16.3 Å². The second-order valence-corrected chi connectivity index (χ2v) is 9.74. The van der Waals surface area contributed by atoms with Gasteiger partial charge in [-0.05, 0) is 24.4 Å². The third-order valence-corrected chi connectivity index (χ3v) is 7.52. The summed E-state index contributed by atoms with van der Waals surface area (Å²) in [6, 6.07) is 0. The number of aliphatic hydroxyl groups is 3. The Morgan fingerprint density at radius 3 is 2.67 bits per heavy atom. The first-order chi connectivity index (χ1) is 15.9. The van der Waals surface area contributed by atoms with Crippen molar-refractivity contribution in [2.75, 3.05) is 25.1 Å². The minimum Gasteiger partial charge on any atom is -0.394 e. The van der Waals surface area contributed by atoms with Gasteiger partial charge in [0.2, 0.25) is 5.28 Å². The van der Waals surface area contributed by atoms with E-state index in [1.54, 1.807) is 11.8 Å². The van der Waals surface area contributed by atoms with Gasteiger partial charge in [0, 0.05) is 37.8 Å². The van der Waals surface area contributed by atoms with Crippen LogP contribution in [0.4, 0.5) is 5.82 Å². The zero-order chi connectivity index (χ0) is 23.1. The summed E-state index contributed by atoms with van der Waals surface area (Å²) in [6.07, 6.45) is 2.83. The molecule has 5 heterocycles. The van der Waals surface area contributed by atoms with E-state index >= 15 is 0 Å².